The maximum Gasteiger partial charge on any atom is 0.318 e. The van der Waals surface area contributed by atoms with Crippen LogP contribution in [0.5, 0.6) is 0 Å². The van der Waals surface area contributed by atoms with E-state index in [1.165, 1.54) is 6.07 Å². The molecule has 0 radical (unpaired) electrons. The topological polar surface area (TPSA) is 80.5 Å². The van der Waals surface area contributed by atoms with E-state index in [9.17, 15) is 14.0 Å². The van der Waals surface area contributed by atoms with Gasteiger partial charge in [0.05, 0.1) is 0 Å². The van der Waals surface area contributed by atoms with Crippen LogP contribution in [0, 0.1) is 5.82 Å². The number of aromatic amines is 1. The summed E-state index contributed by atoms with van der Waals surface area (Å²) in [5.74, 6) is -0.719. The van der Waals surface area contributed by atoms with Crippen molar-refractivity contribution in [3.63, 3.8) is 0 Å². The molecule has 2 atom stereocenters. The molecule has 8 heteroatoms. The lowest BCUT2D eigenvalue weighted by molar-refractivity contribution is -0.118. The molecule has 3 amide bonds. The van der Waals surface area contributed by atoms with E-state index in [2.05, 4.69) is 20.5 Å². The van der Waals surface area contributed by atoms with E-state index in [4.69, 9.17) is 0 Å². The first-order valence-electron chi connectivity index (χ1n) is 14.2. The molecule has 41 heavy (non-hydrogen) atoms. The van der Waals surface area contributed by atoms with E-state index in [1.807, 2.05) is 87.9 Å². The molecule has 0 bridgehead atoms. The number of nitrogens with zero attached hydrogens (tertiary/aromatic N) is 2. The lowest BCUT2D eigenvalue weighted by atomic mass is 9.89. The highest BCUT2D eigenvalue weighted by Crippen LogP contribution is 2.31. The van der Waals surface area contributed by atoms with Crippen LogP contribution in [0.3, 0.4) is 0 Å². The Bertz CT molecular complexity index is 1510. The highest BCUT2D eigenvalue weighted by atomic mass is 19.1. The molecule has 5 rings (SSSR count). The van der Waals surface area contributed by atoms with Gasteiger partial charge >= 0.3 is 6.03 Å². The minimum absolute atomic E-state index is 0.0685. The lowest BCUT2D eigenvalue weighted by Crippen LogP contribution is -2.53. The summed E-state index contributed by atoms with van der Waals surface area (Å²) in [7, 11) is 4.00. The number of H-pyrrole nitrogens is 1. The van der Waals surface area contributed by atoms with Crippen LogP contribution in [0.1, 0.15) is 48.3 Å². The van der Waals surface area contributed by atoms with Gasteiger partial charge in [-0.3, -0.25) is 4.79 Å². The molecule has 1 aliphatic heterocycles. The van der Waals surface area contributed by atoms with Crippen LogP contribution in [-0.4, -0.2) is 59.9 Å². The van der Waals surface area contributed by atoms with E-state index in [1.54, 1.807) is 11.0 Å². The van der Waals surface area contributed by atoms with Gasteiger partial charge in [-0.25, -0.2) is 9.18 Å². The summed E-state index contributed by atoms with van der Waals surface area (Å²) in [4.78, 5) is 34.4. The number of rotatable bonds is 8. The van der Waals surface area contributed by atoms with Gasteiger partial charge in [0, 0.05) is 48.3 Å². The third-order valence-electron chi connectivity index (χ3n) is 7.99. The van der Waals surface area contributed by atoms with Gasteiger partial charge in [-0.2, -0.15) is 0 Å². The molecule has 3 aromatic carbocycles. The fourth-order valence-corrected chi connectivity index (χ4v) is 5.82. The number of nitrogens with one attached hydrogen (secondary N) is 3. The average molecular weight is 556 g/mol. The zero-order valence-corrected chi connectivity index (χ0v) is 23.9. The third kappa shape index (κ3) is 6.60. The standard InChI is InChI=1S/C33H38FN5O2/c1-22(28-20-35-30-14-7-5-12-27(28)30)31(32(40)36-25-10-8-9-23(19-25)21-38(2)3)37-33(41)39-17-15-24(16-18-39)26-11-4-6-13-29(26)34/h4-14,19-20,22,24,31,35H,15-18,21H2,1-3H3,(H,36,40)(H,37,41)/t22-,31+/m0/s1. The van der Waals surface area contributed by atoms with E-state index in [0.29, 0.717) is 37.2 Å². The maximum absolute atomic E-state index is 14.3. The molecule has 0 saturated carbocycles. The van der Waals surface area contributed by atoms with Crippen molar-refractivity contribution < 1.29 is 14.0 Å². The number of anilines is 1. The number of piperidine rings is 1. The fraction of sp³-hybridized carbons (Fsp3) is 0.333. The van der Waals surface area contributed by atoms with E-state index in [0.717, 1.165) is 28.6 Å². The fourth-order valence-electron chi connectivity index (χ4n) is 5.82. The van der Waals surface area contributed by atoms with Gasteiger partial charge in [0.2, 0.25) is 5.91 Å². The van der Waals surface area contributed by atoms with Crippen molar-refractivity contribution in [2.24, 2.45) is 0 Å². The minimum Gasteiger partial charge on any atom is -0.361 e. The second-order valence-corrected chi connectivity index (χ2v) is 11.2. The number of urea groups is 1. The smallest absolute Gasteiger partial charge is 0.318 e. The molecule has 1 aliphatic rings. The number of hydrogen-bond acceptors (Lipinski definition) is 3. The predicted molar refractivity (Wildman–Crippen MR) is 161 cm³/mol. The molecule has 0 unspecified atom stereocenters. The summed E-state index contributed by atoms with van der Waals surface area (Å²) in [5.41, 5.74) is 4.41. The average Bonchev–Trinajstić information content (AvgIpc) is 3.40. The highest BCUT2D eigenvalue weighted by Gasteiger charge is 2.33. The molecular formula is C33H38FN5O2. The number of halogens is 1. The van der Waals surface area contributed by atoms with Crippen molar-refractivity contribution in [1.82, 2.24) is 20.1 Å². The van der Waals surface area contributed by atoms with Gasteiger partial charge in [-0.05, 0) is 73.8 Å². The largest absolute Gasteiger partial charge is 0.361 e. The number of hydrogen-bond donors (Lipinski definition) is 3. The van der Waals surface area contributed by atoms with Gasteiger partial charge in [0.25, 0.3) is 0 Å². The summed E-state index contributed by atoms with van der Waals surface area (Å²) in [6.45, 7) is 3.70. The number of carbonyl (C=O) groups excluding carboxylic acids is 2. The summed E-state index contributed by atoms with van der Waals surface area (Å²) < 4.78 is 14.3. The molecular weight excluding hydrogens is 517 g/mol. The Kier molecular flexibility index (Phi) is 8.69. The van der Waals surface area contributed by atoms with Crippen molar-refractivity contribution in [3.8, 4) is 0 Å². The molecule has 0 aliphatic carbocycles. The summed E-state index contributed by atoms with van der Waals surface area (Å²) in [6, 6.07) is 21.5. The van der Waals surface area contributed by atoms with E-state index >= 15 is 0 Å². The normalized spacial score (nSPS) is 15.6. The Morgan fingerprint density at radius 3 is 2.51 bits per heavy atom. The lowest BCUT2D eigenvalue weighted by Gasteiger charge is -2.34. The van der Waals surface area contributed by atoms with Crippen molar-refractivity contribution in [2.75, 3.05) is 32.5 Å². The molecule has 214 valence electrons. The van der Waals surface area contributed by atoms with E-state index < -0.39 is 6.04 Å². The Labute approximate surface area is 240 Å². The van der Waals surface area contributed by atoms with Gasteiger partial charge in [0.1, 0.15) is 11.9 Å². The molecule has 3 N–H and O–H groups in total. The van der Waals surface area contributed by atoms with Crippen LogP contribution in [-0.2, 0) is 11.3 Å². The molecule has 0 spiro atoms. The third-order valence-corrected chi connectivity index (χ3v) is 7.99. The number of aromatic nitrogens is 1. The number of benzene rings is 3. The highest BCUT2D eigenvalue weighted by molar-refractivity contribution is 5.98. The van der Waals surface area contributed by atoms with Crippen LogP contribution in [0.15, 0.2) is 79.0 Å². The van der Waals surface area contributed by atoms with Crippen molar-refractivity contribution in [2.45, 2.75) is 44.2 Å². The molecule has 2 heterocycles. The SMILES string of the molecule is C[C@@H](c1c[nH]c2ccccc12)[C@@H](NC(=O)N1CCC(c2ccccc2F)CC1)C(=O)Nc1cccc(CN(C)C)c1. The van der Waals surface area contributed by atoms with Crippen LogP contribution in [0.2, 0.25) is 0 Å². The monoisotopic (exact) mass is 555 g/mol. The zero-order valence-electron chi connectivity index (χ0n) is 23.9. The second-order valence-electron chi connectivity index (χ2n) is 11.2. The Balaban J connectivity index is 1.34. The number of fused-ring (bicyclic) bond motifs is 1. The molecule has 1 saturated heterocycles. The van der Waals surface area contributed by atoms with Crippen molar-refractivity contribution in [1.29, 1.82) is 0 Å². The quantitative estimate of drug-likeness (QED) is 0.247. The first-order valence-corrected chi connectivity index (χ1v) is 14.2. The van der Waals surface area contributed by atoms with Crippen LogP contribution < -0.4 is 10.6 Å². The van der Waals surface area contributed by atoms with E-state index in [-0.39, 0.29) is 29.6 Å². The summed E-state index contributed by atoms with van der Waals surface area (Å²) in [5, 5.41) is 7.12. The van der Waals surface area contributed by atoms with Gasteiger partial charge < -0.3 is 25.4 Å². The van der Waals surface area contributed by atoms with Crippen molar-refractivity contribution >= 4 is 28.5 Å². The van der Waals surface area contributed by atoms with Crippen LogP contribution >= 0.6 is 0 Å². The summed E-state index contributed by atoms with van der Waals surface area (Å²) in [6.07, 6.45) is 3.25. The van der Waals surface area contributed by atoms with Gasteiger partial charge in [-0.15, -0.1) is 0 Å². The second kappa shape index (κ2) is 12.6. The molecule has 1 fully saturated rings. The number of likely N-dealkylation sites (tertiary alicyclic amines) is 1. The molecule has 1 aromatic heterocycles. The minimum atomic E-state index is -0.816. The van der Waals surface area contributed by atoms with Crippen molar-refractivity contribution in [3.05, 3.63) is 102 Å². The Morgan fingerprint density at radius 2 is 1.76 bits per heavy atom. The Hall–Kier alpha value is -4.17. The first kappa shape index (κ1) is 28.4. The number of amides is 3. The molecule has 4 aromatic rings. The Morgan fingerprint density at radius 1 is 1.02 bits per heavy atom. The zero-order chi connectivity index (χ0) is 28.9. The maximum atomic E-state index is 14.3. The number of carbonyl (C=O) groups is 2. The predicted octanol–water partition coefficient (Wildman–Crippen LogP) is 6.07. The summed E-state index contributed by atoms with van der Waals surface area (Å²) >= 11 is 0. The first-order chi connectivity index (χ1) is 19.8. The molecule has 7 nitrogen and oxygen atoms in total. The number of para-hydroxylation sites is 1. The van der Waals surface area contributed by atoms with Gasteiger partial charge in [0.15, 0.2) is 0 Å². The van der Waals surface area contributed by atoms with Crippen LogP contribution in [0.4, 0.5) is 14.9 Å². The van der Waals surface area contributed by atoms with Crippen LogP contribution in [0.25, 0.3) is 10.9 Å². The van der Waals surface area contributed by atoms with Gasteiger partial charge in [-0.1, -0.05) is 55.5 Å².